The van der Waals surface area contributed by atoms with Gasteiger partial charge in [0, 0.05) is 37.7 Å². The molecule has 1 saturated heterocycles. The van der Waals surface area contributed by atoms with Gasteiger partial charge in [0.1, 0.15) is 5.60 Å². The summed E-state index contributed by atoms with van der Waals surface area (Å²) in [6, 6.07) is 14.8. The summed E-state index contributed by atoms with van der Waals surface area (Å²) in [4.78, 5) is 19.0. The molecule has 1 aliphatic heterocycles. The van der Waals surface area contributed by atoms with Crippen molar-refractivity contribution in [3.05, 3.63) is 58.6 Å². The van der Waals surface area contributed by atoms with E-state index in [-0.39, 0.29) is 6.09 Å². The minimum absolute atomic E-state index is 0.215. The van der Waals surface area contributed by atoms with E-state index in [0.717, 1.165) is 44.0 Å². The highest BCUT2D eigenvalue weighted by atomic mass is 35.5. The Morgan fingerprint density at radius 3 is 2.30 bits per heavy atom. The Labute approximate surface area is 204 Å². The number of ether oxygens (including phenoxy) is 1. The van der Waals surface area contributed by atoms with Crippen LogP contribution in [0.2, 0.25) is 5.02 Å². The smallest absolute Gasteiger partial charge is 0.410 e. The maximum absolute atomic E-state index is 12.4. The number of halogens is 1. The second-order valence-corrected chi connectivity index (χ2v) is 10.5. The Kier molecular flexibility index (Phi) is 8.80. The van der Waals surface area contributed by atoms with Crippen molar-refractivity contribution in [2.45, 2.75) is 45.8 Å². The van der Waals surface area contributed by atoms with Crippen LogP contribution in [-0.2, 0) is 17.7 Å². The molecule has 2 aromatic rings. The van der Waals surface area contributed by atoms with Gasteiger partial charge in [-0.3, -0.25) is 4.90 Å². The van der Waals surface area contributed by atoms with Crippen LogP contribution >= 0.6 is 11.6 Å². The molecule has 1 amide bonds. The highest BCUT2D eigenvalue weighted by Gasteiger charge is 2.26. The third-order valence-electron chi connectivity index (χ3n) is 5.89. The molecule has 0 N–H and O–H groups in total. The predicted molar refractivity (Wildman–Crippen MR) is 137 cm³/mol. The normalized spacial score (nSPS) is 15.2. The molecule has 33 heavy (non-hydrogen) atoms. The van der Waals surface area contributed by atoms with Gasteiger partial charge < -0.3 is 14.5 Å². The molecule has 0 unspecified atom stereocenters. The third-order valence-corrected chi connectivity index (χ3v) is 6.14. The van der Waals surface area contributed by atoms with E-state index < -0.39 is 5.60 Å². The summed E-state index contributed by atoms with van der Waals surface area (Å²) >= 11 is 6.15. The lowest BCUT2D eigenvalue weighted by Crippen LogP contribution is -2.49. The van der Waals surface area contributed by atoms with Crippen LogP contribution in [0.25, 0.3) is 11.1 Å². The highest BCUT2D eigenvalue weighted by molar-refractivity contribution is 6.30. The predicted octanol–water partition coefficient (Wildman–Crippen LogP) is 5.55. The number of carbonyl (C=O) groups is 1. The van der Waals surface area contributed by atoms with Gasteiger partial charge in [-0.2, -0.15) is 0 Å². The van der Waals surface area contributed by atoms with Crippen molar-refractivity contribution in [2.24, 2.45) is 0 Å². The zero-order chi connectivity index (χ0) is 24.0. The first kappa shape index (κ1) is 25.5. The van der Waals surface area contributed by atoms with Crippen LogP contribution in [0.3, 0.4) is 0 Å². The zero-order valence-electron chi connectivity index (χ0n) is 20.7. The minimum atomic E-state index is -0.465. The second kappa shape index (κ2) is 11.4. The van der Waals surface area contributed by atoms with E-state index in [4.69, 9.17) is 16.3 Å². The van der Waals surface area contributed by atoms with E-state index in [9.17, 15) is 4.79 Å². The van der Waals surface area contributed by atoms with E-state index >= 15 is 0 Å². The quantitative estimate of drug-likeness (QED) is 0.530. The van der Waals surface area contributed by atoms with Gasteiger partial charge in [-0.05, 0) is 88.6 Å². The molecular formula is C27H38ClN3O2. The molecule has 1 aliphatic rings. The lowest BCUT2D eigenvalue weighted by atomic mass is 9.92. The van der Waals surface area contributed by atoms with E-state index in [0.29, 0.717) is 13.1 Å². The number of benzene rings is 2. The monoisotopic (exact) mass is 471 g/mol. The number of hydrogen-bond donors (Lipinski definition) is 0. The van der Waals surface area contributed by atoms with Crippen molar-refractivity contribution >= 4 is 17.7 Å². The van der Waals surface area contributed by atoms with E-state index in [2.05, 4.69) is 54.2 Å². The molecule has 0 saturated carbocycles. The number of aryl methyl sites for hydroxylation is 1. The fourth-order valence-electron chi connectivity index (χ4n) is 4.18. The molecule has 2 aromatic carbocycles. The summed E-state index contributed by atoms with van der Waals surface area (Å²) < 4.78 is 5.55. The van der Waals surface area contributed by atoms with Crippen LogP contribution in [0.15, 0.2) is 42.5 Å². The number of nitrogens with zero attached hydrogens (tertiary/aromatic N) is 3. The first-order chi connectivity index (χ1) is 15.6. The summed E-state index contributed by atoms with van der Waals surface area (Å²) in [5.74, 6) is 0. The molecule has 1 heterocycles. The summed E-state index contributed by atoms with van der Waals surface area (Å²) in [6.45, 7) is 10.7. The van der Waals surface area contributed by atoms with Crippen molar-refractivity contribution in [3.63, 3.8) is 0 Å². The number of hydrogen-bond acceptors (Lipinski definition) is 4. The van der Waals surface area contributed by atoms with Crippen molar-refractivity contribution in [1.82, 2.24) is 14.7 Å². The Hall–Kier alpha value is -2.08. The van der Waals surface area contributed by atoms with Gasteiger partial charge in [0.05, 0.1) is 0 Å². The number of piperazine rings is 1. The highest BCUT2D eigenvalue weighted by Crippen LogP contribution is 2.30. The third kappa shape index (κ3) is 7.73. The molecule has 0 spiro atoms. The summed E-state index contributed by atoms with van der Waals surface area (Å²) in [6.07, 6.45) is 1.96. The summed E-state index contributed by atoms with van der Waals surface area (Å²) in [7, 11) is 4.24. The first-order valence-electron chi connectivity index (χ1n) is 11.8. The Balaban J connectivity index is 1.76. The average molecular weight is 472 g/mol. The molecule has 0 aliphatic carbocycles. The number of carbonyl (C=O) groups excluding carboxylic acids is 1. The van der Waals surface area contributed by atoms with E-state index in [1.54, 1.807) is 0 Å². The second-order valence-electron chi connectivity index (χ2n) is 10.1. The molecule has 180 valence electrons. The number of rotatable bonds is 7. The van der Waals surface area contributed by atoms with Crippen molar-refractivity contribution in [2.75, 3.05) is 46.8 Å². The van der Waals surface area contributed by atoms with Crippen molar-refractivity contribution in [3.8, 4) is 11.1 Å². The molecule has 0 atom stereocenters. The Morgan fingerprint density at radius 1 is 1.03 bits per heavy atom. The van der Waals surface area contributed by atoms with Crippen LogP contribution in [0, 0.1) is 0 Å². The van der Waals surface area contributed by atoms with Crippen molar-refractivity contribution < 1.29 is 9.53 Å². The maximum Gasteiger partial charge on any atom is 0.410 e. The van der Waals surface area contributed by atoms with Crippen LogP contribution in [0.4, 0.5) is 4.79 Å². The van der Waals surface area contributed by atoms with Gasteiger partial charge in [0.25, 0.3) is 0 Å². The molecule has 0 radical (unpaired) electrons. The van der Waals surface area contributed by atoms with Crippen LogP contribution in [-0.4, -0.2) is 73.2 Å². The maximum atomic E-state index is 12.4. The molecule has 3 rings (SSSR count). The fourth-order valence-corrected chi connectivity index (χ4v) is 4.31. The van der Waals surface area contributed by atoms with E-state index in [1.807, 2.05) is 37.8 Å². The molecule has 0 aromatic heterocycles. The summed E-state index contributed by atoms with van der Waals surface area (Å²) in [5, 5.41) is 0.751. The molecule has 5 nitrogen and oxygen atoms in total. The Bertz CT molecular complexity index is 914. The van der Waals surface area contributed by atoms with Gasteiger partial charge in [-0.25, -0.2) is 4.79 Å². The topological polar surface area (TPSA) is 36.0 Å². The van der Waals surface area contributed by atoms with Gasteiger partial charge in [0.2, 0.25) is 0 Å². The van der Waals surface area contributed by atoms with E-state index in [1.165, 1.54) is 22.3 Å². The SMILES string of the molecule is CN(C)CCCc1cccc(-c2ccc(Cl)cc2)c1CN1CCN(C(=O)OC(C)(C)C)CC1. The van der Waals surface area contributed by atoms with Gasteiger partial charge in [-0.15, -0.1) is 0 Å². The van der Waals surface area contributed by atoms with Crippen molar-refractivity contribution in [1.29, 1.82) is 0 Å². The largest absolute Gasteiger partial charge is 0.444 e. The minimum Gasteiger partial charge on any atom is -0.444 e. The fraction of sp³-hybridized carbons (Fsp3) is 0.519. The van der Waals surface area contributed by atoms with Crippen LogP contribution in [0.1, 0.15) is 38.3 Å². The molecule has 0 bridgehead atoms. The number of amides is 1. The van der Waals surface area contributed by atoms with Gasteiger partial charge >= 0.3 is 6.09 Å². The van der Waals surface area contributed by atoms with Gasteiger partial charge in [0.15, 0.2) is 0 Å². The average Bonchev–Trinajstić information content (AvgIpc) is 2.74. The molecular weight excluding hydrogens is 434 g/mol. The Morgan fingerprint density at radius 2 is 1.70 bits per heavy atom. The van der Waals surface area contributed by atoms with Crippen LogP contribution < -0.4 is 0 Å². The lowest BCUT2D eigenvalue weighted by molar-refractivity contribution is 0.0139. The summed E-state index contributed by atoms with van der Waals surface area (Å²) in [5.41, 5.74) is 4.77. The lowest BCUT2D eigenvalue weighted by Gasteiger charge is -2.36. The molecule has 1 fully saturated rings. The standard InChI is InChI=1S/C27H38ClN3O2/c1-27(2,3)33-26(32)31-18-16-30(17-19-31)20-25-21(9-7-15-29(4)5)8-6-10-24(25)22-11-13-23(28)14-12-22/h6,8,10-14H,7,9,15-20H2,1-5H3. The molecule has 6 heteroatoms. The first-order valence-corrected chi connectivity index (χ1v) is 12.2. The zero-order valence-corrected chi connectivity index (χ0v) is 21.5. The van der Waals surface area contributed by atoms with Crippen LogP contribution in [0.5, 0.6) is 0 Å². The van der Waals surface area contributed by atoms with Gasteiger partial charge in [-0.1, -0.05) is 41.9 Å².